The Morgan fingerprint density at radius 1 is 1.25 bits per heavy atom. The van der Waals surface area contributed by atoms with Crippen molar-refractivity contribution in [3.05, 3.63) is 41.3 Å². The first-order chi connectivity index (χ1) is 9.65. The predicted molar refractivity (Wildman–Crippen MR) is 77.4 cm³/mol. The van der Waals surface area contributed by atoms with E-state index >= 15 is 0 Å². The Labute approximate surface area is 119 Å². The minimum atomic E-state index is 0.424. The van der Waals surface area contributed by atoms with Gasteiger partial charge in [-0.15, -0.1) is 0 Å². The highest BCUT2D eigenvalue weighted by molar-refractivity contribution is 5.68. The zero-order chi connectivity index (χ0) is 14.5. The summed E-state index contributed by atoms with van der Waals surface area (Å²) in [4.78, 5) is 8.71. The standard InChI is InChI=1S/C16H17N3O/c1-11-9-13(15(20-3)10-12(11)2)14-6-8-18-16(19-14)5-4-7-17/h6,8-10H,4-5H2,1-3H3. The monoisotopic (exact) mass is 267 g/mol. The highest BCUT2D eigenvalue weighted by Crippen LogP contribution is 2.31. The molecule has 20 heavy (non-hydrogen) atoms. The van der Waals surface area contributed by atoms with Gasteiger partial charge in [-0.05, 0) is 43.2 Å². The number of aromatic nitrogens is 2. The summed E-state index contributed by atoms with van der Waals surface area (Å²) in [6.45, 7) is 4.12. The summed E-state index contributed by atoms with van der Waals surface area (Å²) in [6.07, 6.45) is 2.72. The van der Waals surface area contributed by atoms with Crippen molar-refractivity contribution in [2.75, 3.05) is 7.11 Å². The molecule has 0 amide bonds. The van der Waals surface area contributed by atoms with Crippen LogP contribution in [0.25, 0.3) is 11.3 Å². The van der Waals surface area contributed by atoms with Crippen molar-refractivity contribution in [3.8, 4) is 23.1 Å². The highest BCUT2D eigenvalue weighted by Gasteiger charge is 2.10. The molecule has 0 saturated carbocycles. The fraction of sp³-hybridized carbons (Fsp3) is 0.312. The lowest BCUT2D eigenvalue weighted by molar-refractivity contribution is 0.416. The van der Waals surface area contributed by atoms with Crippen LogP contribution in [0.2, 0.25) is 0 Å². The average Bonchev–Trinajstić information content (AvgIpc) is 2.47. The zero-order valence-electron chi connectivity index (χ0n) is 12.0. The maximum atomic E-state index is 8.64. The van der Waals surface area contributed by atoms with Crippen LogP contribution in [-0.2, 0) is 6.42 Å². The van der Waals surface area contributed by atoms with Crippen LogP contribution in [0.15, 0.2) is 24.4 Å². The van der Waals surface area contributed by atoms with Gasteiger partial charge in [-0.25, -0.2) is 9.97 Å². The molecule has 2 rings (SSSR count). The number of hydrogen-bond acceptors (Lipinski definition) is 4. The number of nitrogens with zero attached hydrogens (tertiary/aromatic N) is 3. The fourth-order valence-electron chi connectivity index (χ4n) is 2.00. The van der Waals surface area contributed by atoms with Gasteiger partial charge in [-0.2, -0.15) is 5.26 Å². The van der Waals surface area contributed by atoms with Crippen LogP contribution in [0, 0.1) is 25.2 Å². The van der Waals surface area contributed by atoms with E-state index in [-0.39, 0.29) is 0 Å². The Hall–Kier alpha value is -2.41. The maximum Gasteiger partial charge on any atom is 0.129 e. The Kier molecular flexibility index (Phi) is 4.31. The Morgan fingerprint density at radius 2 is 2.00 bits per heavy atom. The van der Waals surface area contributed by atoms with Gasteiger partial charge in [-0.1, -0.05) is 0 Å². The Balaban J connectivity index is 2.46. The number of aryl methyl sites for hydroxylation is 3. The smallest absolute Gasteiger partial charge is 0.129 e. The van der Waals surface area contributed by atoms with Gasteiger partial charge in [0.25, 0.3) is 0 Å². The van der Waals surface area contributed by atoms with Crippen LogP contribution in [0.3, 0.4) is 0 Å². The molecule has 1 aromatic carbocycles. The topological polar surface area (TPSA) is 58.8 Å². The van der Waals surface area contributed by atoms with Crippen molar-refractivity contribution in [2.45, 2.75) is 26.7 Å². The van der Waals surface area contributed by atoms with Crippen LogP contribution in [0.1, 0.15) is 23.4 Å². The lowest BCUT2D eigenvalue weighted by atomic mass is 10.0. The van der Waals surface area contributed by atoms with E-state index in [0.29, 0.717) is 18.7 Å². The largest absolute Gasteiger partial charge is 0.496 e. The normalized spacial score (nSPS) is 10.1. The molecule has 0 aliphatic carbocycles. The van der Waals surface area contributed by atoms with Gasteiger partial charge in [0.1, 0.15) is 11.6 Å². The molecule has 0 saturated heterocycles. The third-order valence-electron chi connectivity index (χ3n) is 3.26. The molecule has 0 fully saturated rings. The highest BCUT2D eigenvalue weighted by atomic mass is 16.5. The summed E-state index contributed by atoms with van der Waals surface area (Å²) in [5.74, 6) is 1.49. The fourth-order valence-corrected chi connectivity index (χ4v) is 2.00. The van der Waals surface area contributed by atoms with E-state index in [1.807, 2.05) is 12.1 Å². The molecule has 4 heteroatoms. The minimum absolute atomic E-state index is 0.424. The average molecular weight is 267 g/mol. The number of benzene rings is 1. The van der Waals surface area contributed by atoms with E-state index < -0.39 is 0 Å². The van der Waals surface area contributed by atoms with Crippen molar-refractivity contribution in [1.82, 2.24) is 9.97 Å². The second-order valence-corrected chi connectivity index (χ2v) is 4.65. The van der Waals surface area contributed by atoms with Crippen LogP contribution < -0.4 is 4.74 Å². The molecule has 0 radical (unpaired) electrons. The van der Waals surface area contributed by atoms with Crippen LogP contribution in [0.5, 0.6) is 5.75 Å². The molecule has 1 heterocycles. The SMILES string of the molecule is COc1cc(C)c(C)cc1-c1ccnc(CCC#N)n1. The summed E-state index contributed by atoms with van der Waals surface area (Å²) in [5, 5.41) is 8.64. The zero-order valence-corrected chi connectivity index (χ0v) is 12.0. The molecule has 2 aromatic rings. The molecular weight excluding hydrogens is 250 g/mol. The van der Waals surface area contributed by atoms with Gasteiger partial charge >= 0.3 is 0 Å². The van der Waals surface area contributed by atoms with E-state index in [0.717, 1.165) is 17.0 Å². The van der Waals surface area contributed by atoms with Crippen molar-refractivity contribution in [3.63, 3.8) is 0 Å². The number of hydrogen-bond donors (Lipinski definition) is 0. The van der Waals surface area contributed by atoms with Gasteiger partial charge in [0, 0.05) is 24.6 Å². The second kappa shape index (κ2) is 6.16. The van der Waals surface area contributed by atoms with Gasteiger partial charge in [-0.3, -0.25) is 0 Å². The first kappa shape index (κ1) is 14.0. The van der Waals surface area contributed by atoms with Gasteiger partial charge in [0.2, 0.25) is 0 Å². The summed E-state index contributed by atoms with van der Waals surface area (Å²) in [6, 6.07) is 8.06. The van der Waals surface area contributed by atoms with Crippen LogP contribution >= 0.6 is 0 Å². The molecule has 0 unspecified atom stereocenters. The van der Waals surface area contributed by atoms with Gasteiger partial charge < -0.3 is 4.74 Å². The number of methoxy groups -OCH3 is 1. The number of nitriles is 1. The van der Waals surface area contributed by atoms with Gasteiger partial charge in [0.15, 0.2) is 0 Å². The molecule has 0 aliphatic rings. The Morgan fingerprint density at radius 3 is 2.70 bits per heavy atom. The molecule has 0 aliphatic heterocycles. The lowest BCUT2D eigenvalue weighted by Crippen LogP contribution is -1.98. The van der Waals surface area contributed by atoms with Crippen molar-refractivity contribution >= 4 is 0 Å². The molecule has 0 bridgehead atoms. The molecule has 0 spiro atoms. The summed E-state index contributed by atoms with van der Waals surface area (Å²) < 4.78 is 5.44. The first-order valence-electron chi connectivity index (χ1n) is 6.50. The number of rotatable bonds is 4. The maximum absolute atomic E-state index is 8.64. The molecule has 0 atom stereocenters. The van der Waals surface area contributed by atoms with E-state index in [4.69, 9.17) is 10.00 Å². The van der Waals surface area contributed by atoms with Crippen molar-refractivity contribution in [1.29, 1.82) is 5.26 Å². The number of ether oxygens (including phenoxy) is 1. The quantitative estimate of drug-likeness (QED) is 0.853. The van der Waals surface area contributed by atoms with Crippen LogP contribution in [0.4, 0.5) is 0 Å². The predicted octanol–water partition coefficient (Wildman–Crippen LogP) is 3.23. The van der Waals surface area contributed by atoms with E-state index in [9.17, 15) is 0 Å². The molecule has 102 valence electrons. The molecule has 4 nitrogen and oxygen atoms in total. The third-order valence-corrected chi connectivity index (χ3v) is 3.26. The first-order valence-corrected chi connectivity index (χ1v) is 6.50. The second-order valence-electron chi connectivity index (χ2n) is 4.65. The van der Waals surface area contributed by atoms with E-state index in [1.54, 1.807) is 13.3 Å². The molecule has 0 N–H and O–H groups in total. The Bertz CT molecular complexity index is 659. The summed E-state index contributed by atoms with van der Waals surface area (Å²) >= 11 is 0. The van der Waals surface area contributed by atoms with Crippen molar-refractivity contribution < 1.29 is 4.74 Å². The lowest BCUT2D eigenvalue weighted by Gasteiger charge is -2.11. The third kappa shape index (κ3) is 2.94. The summed E-state index contributed by atoms with van der Waals surface area (Å²) in [7, 11) is 1.66. The minimum Gasteiger partial charge on any atom is -0.496 e. The van der Waals surface area contributed by atoms with E-state index in [2.05, 4.69) is 36.0 Å². The van der Waals surface area contributed by atoms with E-state index in [1.165, 1.54) is 11.1 Å². The van der Waals surface area contributed by atoms with Gasteiger partial charge in [0.05, 0.1) is 18.9 Å². The molecular formula is C16H17N3O. The van der Waals surface area contributed by atoms with Crippen LogP contribution in [-0.4, -0.2) is 17.1 Å². The summed E-state index contributed by atoms with van der Waals surface area (Å²) in [5.41, 5.74) is 4.16. The van der Waals surface area contributed by atoms with Crippen molar-refractivity contribution in [2.24, 2.45) is 0 Å². The molecule has 1 aromatic heterocycles.